The van der Waals surface area contributed by atoms with Crippen molar-refractivity contribution in [2.75, 3.05) is 37.5 Å². The number of para-hydroxylation sites is 2. The van der Waals surface area contributed by atoms with Crippen LogP contribution in [0.2, 0.25) is 0 Å². The summed E-state index contributed by atoms with van der Waals surface area (Å²) in [6.45, 7) is 5.97. The lowest BCUT2D eigenvalue weighted by atomic mass is 10.1. The van der Waals surface area contributed by atoms with Gasteiger partial charge in [0, 0.05) is 12.7 Å². The van der Waals surface area contributed by atoms with Gasteiger partial charge >= 0.3 is 0 Å². The van der Waals surface area contributed by atoms with E-state index in [1.165, 1.54) is 0 Å². The molecule has 0 bridgehead atoms. The van der Waals surface area contributed by atoms with Crippen LogP contribution in [0.25, 0.3) is 0 Å². The van der Waals surface area contributed by atoms with Crippen LogP contribution in [0.15, 0.2) is 36.4 Å². The van der Waals surface area contributed by atoms with Crippen LogP contribution < -0.4 is 20.3 Å². The van der Waals surface area contributed by atoms with Crippen molar-refractivity contribution in [2.45, 2.75) is 20.8 Å². The van der Waals surface area contributed by atoms with Gasteiger partial charge < -0.3 is 20.3 Å². The molecule has 2 N–H and O–H groups in total. The van der Waals surface area contributed by atoms with E-state index >= 15 is 0 Å². The van der Waals surface area contributed by atoms with Gasteiger partial charge in [-0.05, 0) is 44.0 Å². The highest BCUT2D eigenvalue weighted by Crippen LogP contribution is 2.26. The molecular weight excluding hydrogens is 342 g/mol. The third-order valence-corrected chi connectivity index (χ3v) is 4.26. The van der Waals surface area contributed by atoms with Crippen LogP contribution in [0, 0.1) is 20.8 Å². The first-order valence-corrected chi connectivity index (χ1v) is 8.80. The molecule has 2 amide bonds. The molecule has 0 saturated carbocycles. The van der Waals surface area contributed by atoms with Crippen molar-refractivity contribution in [2.24, 2.45) is 0 Å². The summed E-state index contributed by atoms with van der Waals surface area (Å²) >= 11 is 0. The second-order valence-electron chi connectivity index (χ2n) is 6.63. The highest BCUT2D eigenvalue weighted by atomic mass is 16.5. The van der Waals surface area contributed by atoms with Crippen LogP contribution in [0.5, 0.6) is 5.75 Å². The van der Waals surface area contributed by atoms with Gasteiger partial charge in [0.05, 0.1) is 25.9 Å². The van der Waals surface area contributed by atoms with Crippen LogP contribution in [0.1, 0.15) is 16.7 Å². The third kappa shape index (κ3) is 5.48. The Hall–Kier alpha value is -3.02. The van der Waals surface area contributed by atoms with Crippen LogP contribution in [0.4, 0.5) is 11.4 Å². The van der Waals surface area contributed by atoms with Crippen LogP contribution in [0.3, 0.4) is 0 Å². The Morgan fingerprint density at radius 3 is 2.30 bits per heavy atom. The molecule has 0 saturated heterocycles. The molecule has 0 unspecified atom stereocenters. The maximum atomic E-state index is 12.2. The molecule has 2 aromatic rings. The molecule has 0 spiro atoms. The SMILES string of the molecule is COc1ccccc1N(C)CC(=O)NCC(=O)Nc1c(C)cc(C)cc1C. The van der Waals surface area contributed by atoms with Gasteiger partial charge in [0.25, 0.3) is 0 Å². The van der Waals surface area contributed by atoms with Gasteiger partial charge in [0.1, 0.15) is 5.75 Å². The van der Waals surface area contributed by atoms with Crippen molar-refractivity contribution in [1.82, 2.24) is 5.32 Å². The fourth-order valence-electron chi connectivity index (χ4n) is 3.04. The molecule has 0 fully saturated rings. The Morgan fingerprint density at radius 1 is 1.04 bits per heavy atom. The highest BCUT2D eigenvalue weighted by Gasteiger charge is 2.13. The van der Waals surface area contributed by atoms with Gasteiger partial charge in [-0.1, -0.05) is 29.8 Å². The molecule has 0 aliphatic heterocycles. The molecule has 27 heavy (non-hydrogen) atoms. The predicted octanol–water partition coefficient (Wildman–Crippen LogP) is 2.81. The maximum Gasteiger partial charge on any atom is 0.243 e. The molecule has 0 radical (unpaired) electrons. The van der Waals surface area contributed by atoms with Gasteiger partial charge in [0.2, 0.25) is 11.8 Å². The summed E-state index contributed by atoms with van der Waals surface area (Å²) in [6.07, 6.45) is 0. The monoisotopic (exact) mass is 369 g/mol. The number of aryl methyl sites for hydroxylation is 3. The highest BCUT2D eigenvalue weighted by molar-refractivity contribution is 5.96. The van der Waals surface area contributed by atoms with Crippen LogP contribution in [-0.4, -0.2) is 39.1 Å². The number of likely N-dealkylation sites (N-methyl/N-ethyl adjacent to an activating group) is 1. The summed E-state index contributed by atoms with van der Waals surface area (Å²) in [4.78, 5) is 26.2. The zero-order valence-electron chi connectivity index (χ0n) is 16.6. The number of benzene rings is 2. The summed E-state index contributed by atoms with van der Waals surface area (Å²) in [6, 6.07) is 11.5. The van der Waals surface area contributed by atoms with Crippen LogP contribution in [-0.2, 0) is 9.59 Å². The van der Waals surface area contributed by atoms with E-state index in [1.54, 1.807) is 19.1 Å². The number of anilines is 2. The molecule has 2 rings (SSSR count). The summed E-state index contributed by atoms with van der Waals surface area (Å²) in [5, 5.41) is 5.53. The normalized spacial score (nSPS) is 10.3. The molecule has 6 nitrogen and oxygen atoms in total. The lowest BCUT2D eigenvalue weighted by Crippen LogP contribution is -2.39. The number of nitrogens with zero attached hydrogens (tertiary/aromatic N) is 1. The topological polar surface area (TPSA) is 70.7 Å². The first-order valence-electron chi connectivity index (χ1n) is 8.80. The number of hydrogen-bond donors (Lipinski definition) is 2. The minimum atomic E-state index is -0.252. The first kappa shape index (κ1) is 20.3. The molecular formula is C21H27N3O3. The Morgan fingerprint density at radius 2 is 1.67 bits per heavy atom. The van der Waals surface area contributed by atoms with Gasteiger partial charge in [0.15, 0.2) is 0 Å². The quantitative estimate of drug-likeness (QED) is 0.787. The van der Waals surface area contributed by atoms with Crippen molar-refractivity contribution >= 4 is 23.2 Å². The molecule has 0 aliphatic carbocycles. The summed E-state index contributed by atoms with van der Waals surface area (Å²) in [7, 11) is 3.39. The average molecular weight is 369 g/mol. The van der Waals surface area contributed by atoms with Crippen molar-refractivity contribution < 1.29 is 14.3 Å². The molecule has 0 aliphatic rings. The van der Waals surface area contributed by atoms with Crippen LogP contribution >= 0.6 is 0 Å². The van der Waals surface area contributed by atoms with Crippen molar-refractivity contribution in [3.05, 3.63) is 53.1 Å². The minimum Gasteiger partial charge on any atom is -0.495 e. The molecule has 2 aromatic carbocycles. The molecule has 0 aromatic heterocycles. The Kier molecular flexibility index (Phi) is 6.82. The summed E-state index contributed by atoms with van der Waals surface area (Å²) < 4.78 is 5.31. The lowest BCUT2D eigenvalue weighted by molar-refractivity contribution is -0.123. The number of ether oxygens (including phenoxy) is 1. The molecule has 0 heterocycles. The van der Waals surface area contributed by atoms with E-state index in [9.17, 15) is 9.59 Å². The van der Waals surface area contributed by atoms with E-state index in [4.69, 9.17) is 4.74 Å². The largest absolute Gasteiger partial charge is 0.495 e. The molecule has 0 atom stereocenters. The van der Waals surface area contributed by atoms with Crippen molar-refractivity contribution in [3.63, 3.8) is 0 Å². The lowest BCUT2D eigenvalue weighted by Gasteiger charge is -2.21. The van der Waals surface area contributed by atoms with Gasteiger partial charge in [-0.25, -0.2) is 0 Å². The maximum absolute atomic E-state index is 12.2. The molecule has 6 heteroatoms. The Labute approximate surface area is 160 Å². The number of carbonyl (C=O) groups excluding carboxylic acids is 2. The van der Waals surface area contributed by atoms with Gasteiger partial charge in [-0.3, -0.25) is 9.59 Å². The van der Waals surface area contributed by atoms with Crippen molar-refractivity contribution in [1.29, 1.82) is 0 Å². The van der Waals surface area contributed by atoms with E-state index in [0.29, 0.717) is 5.75 Å². The Balaban J connectivity index is 1.89. The smallest absolute Gasteiger partial charge is 0.243 e. The van der Waals surface area contributed by atoms with E-state index in [0.717, 1.165) is 28.1 Å². The third-order valence-electron chi connectivity index (χ3n) is 4.26. The van der Waals surface area contributed by atoms with E-state index in [-0.39, 0.29) is 24.9 Å². The Bertz CT molecular complexity index is 810. The zero-order chi connectivity index (χ0) is 20.0. The number of nitrogens with one attached hydrogen (secondary N) is 2. The standard InChI is InChI=1S/C21H27N3O3/c1-14-10-15(2)21(16(3)11-14)23-19(25)12-22-20(26)13-24(4)17-8-6-7-9-18(17)27-5/h6-11H,12-13H2,1-5H3,(H,22,26)(H,23,25). The predicted molar refractivity (Wildman–Crippen MR) is 109 cm³/mol. The number of amides is 2. The summed E-state index contributed by atoms with van der Waals surface area (Å²) in [5.41, 5.74) is 4.76. The van der Waals surface area contributed by atoms with E-state index < -0.39 is 0 Å². The van der Waals surface area contributed by atoms with Gasteiger partial charge in [-0.2, -0.15) is 0 Å². The van der Waals surface area contributed by atoms with E-state index in [2.05, 4.69) is 10.6 Å². The average Bonchev–Trinajstić information content (AvgIpc) is 2.62. The summed E-state index contributed by atoms with van der Waals surface area (Å²) in [5.74, 6) is 0.199. The second kappa shape index (κ2) is 9.07. The first-order chi connectivity index (χ1) is 12.8. The number of methoxy groups -OCH3 is 1. The molecule has 144 valence electrons. The second-order valence-corrected chi connectivity index (χ2v) is 6.63. The minimum absolute atomic E-state index is 0.0780. The number of hydrogen-bond acceptors (Lipinski definition) is 4. The van der Waals surface area contributed by atoms with Crippen molar-refractivity contribution in [3.8, 4) is 5.75 Å². The fraction of sp³-hybridized carbons (Fsp3) is 0.333. The number of carbonyl (C=O) groups is 2. The van der Waals surface area contributed by atoms with E-state index in [1.807, 2.05) is 57.2 Å². The number of rotatable bonds is 7. The fourth-order valence-corrected chi connectivity index (χ4v) is 3.04. The van der Waals surface area contributed by atoms with Gasteiger partial charge in [-0.15, -0.1) is 0 Å². The zero-order valence-corrected chi connectivity index (χ0v) is 16.6.